The van der Waals surface area contributed by atoms with Gasteiger partial charge in [0.05, 0.1) is 0 Å². The van der Waals surface area contributed by atoms with E-state index in [0.717, 1.165) is 29.6 Å². The molecule has 0 amide bonds. The zero-order valence-electron chi connectivity index (χ0n) is 14.9. The number of alkyl halides is 1. The zero-order chi connectivity index (χ0) is 16.2. The average Bonchev–Trinajstić information content (AvgIpc) is 2.91. The van der Waals surface area contributed by atoms with E-state index in [9.17, 15) is 0 Å². The molecule has 23 heavy (non-hydrogen) atoms. The fourth-order valence-corrected chi connectivity index (χ4v) is 7.50. The van der Waals surface area contributed by atoms with Crippen molar-refractivity contribution in [2.45, 2.75) is 65.2 Å². The highest BCUT2D eigenvalue weighted by atomic mass is 127. The van der Waals surface area contributed by atoms with Crippen LogP contribution < -0.4 is 0 Å². The normalized spacial score (nSPS) is 40.2. The van der Waals surface area contributed by atoms with Gasteiger partial charge >= 0.3 is 0 Å². The molecule has 0 N–H and O–H groups in total. The summed E-state index contributed by atoms with van der Waals surface area (Å²) >= 11 is 2.61. The maximum absolute atomic E-state index is 2.67. The molecule has 4 rings (SSSR count). The lowest BCUT2D eigenvalue weighted by Gasteiger charge is -2.52. The first kappa shape index (κ1) is 16.4. The third-order valence-corrected chi connectivity index (χ3v) is 9.40. The Kier molecular flexibility index (Phi) is 4.31. The van der Waals surface area contributed by atoms with Gasteiger partial charge in [0.1, 0.15) is 0 Å². The molecule has 1 aromatic rings. The topological polar surface area (TPSA) is 0 Å². The Morgan fingerprint density at radius 2 is 2.04 bits per heavy atom. The van der Waals surface area contributed by atoms with Crippen molar-refractivity contribution in [1.29, 1.82) is 0 Å². The second-order valence-electron chi connectivity index (χ2n) is 8.92. The smallest absolute Gasteiger partial charge is 0.00239 e. The van der Waals surface area contributed by atoms with Crippen LogP contribution in [0.4, 0.5) is 0 Å². The minimum absolute atomic E-state index is 0.632. The number of aryl methyl sites for hydroxylation is 1. The van der Waals surface area contributed by atoms with Crippen molar-refractivity contribution in [3.05, 3.63) is 34.9 Å². The van der Waals surface area contributed by atoms with Gasteiger partial charge in [-0.15, -0.1) is 0 Å². The summed E-state index contributed by atoms with van der Waals surface area (Å²) < 4.78 is 1.33. The van der Waals surface area contributed by atoms with E-state index in [2.05, 4.69) is 61.6 Å². The molecule has 0 nitrogen and oxygen atoms in total. The minimum atomic E-state index is 0.632. The minimum Gasteiger partial charge on any atom is -0.0861 e. The van der Waals surface area contributed by atoms with E-state index in [-0.39, 0.29) is 0 Å². The summed E-state index contributed by atoms with van der Waals surface area (Å²) in [6.45, 7) is 7.50. The quantitative estimate of drug-likeness (QED) is 0.375. The van der Waals surface area contributed by atoms with E-state index < -0.39 is 0 Å². The third kappa shape index (κ3) is 2.43. The second kappa shape index (κ2) is 6.04. The van der Waals surface area contributed by atoms with Crippen LogP contribution in [0.5, 0.6) is 0 Å². The number of rotatable bonds is 2. The molecule has 0 radical (unpaired) electrons. The van der Waals surface area contributed by atoms with Crippen molar-refractivity contribution in [3.8, 4) is 0 Å². The van der Waals surface area contributed by atoms with Gasteiger partial charge in [-0.05, 0) is 97.1 Å². The number of hydrogen-bond acceptors (Lipinski definition) is 0. The van der Waals surface area contributed by atoms with Gasteiger partial charge < -0.3 is 0 Å². The molecule has 126 valence electrons. The summed E-state index contributed by atoms with van der Waals surface area (Å²) in [4.78, 5) is 0. The Hall–Kier alpha value is -0.0500. The van der Waals surface area contributed by atoms with Gasteiger partial charge in [0.2, 0.25) is 0 Å². The monoisotopic (exact) mass is 422 g/mol. The first-order chi connectivity index (χ1) is 11.1. The maximum atomic E-state index is 2.67. The van der Waals surface area contributed by atoms with Crippen LogP contribution in [0.15, 0.2) is 18.2 Å². The molecule has 1 heteroatoms. The van der Waals surface area contributed by atoms with Crippen molar-refractivity contribution in [3.63, 3.8) is 0 Å². The molecule has 0 heterocycles. The molecule has 0 spiro atoms. The molecule has 6 atom stereocenters. The lowest BCUT2D eigenvalue weighted by Crippen LogP contribution is -2.43. The number of fused-ring (bicyclic) bond motifs is 5. The first-order valence-electron chi connectivity index (χ1n) is 9.70. The summed E-state index contributed by atoms with van der Waals surface area (Å²) in [7, 11) is 0. The Balaban J connectivity index is 1.66. The van der Waals surface area contributed by atoms with Crippen LogP contribution >= 0.6 is 22.6 Å². The molecule has 0 aliphatic heterocycles. The highest BCUT2D eigenvalue weighted by Crippen LogP contribution is 2.64. The molecule has 0 saturated heterocycles. The molecular weight excluding hydrogens is 391 g/mol. The van der Waals surface area contributed by atoms with Crippen LogP contribution in [0.3, 0.4) is 0 Å². The van der Waals surface area contributed by atoms with Gasteiger partial charge in [-0.25, -0.2) is 0 Å². The standard InChI is InChI=1S/C22H31I/c1-14-5-4-6-17-16(14)7-8-19-18(17)11-12-22(3)20(15(2)13-23)9-10-21(19)22/h4-6,15,18-21H,7-13H2,1-3H3/t15-,18-,19-,20-,21+,22-/m1/s1. The molecule has 1 aromatic carbocycles. The van der Waals surface area contributed by atoms with E-state index in [1.54, 1.807) is 11.1 Å². The summed E-state index contributed by atoms with van der Waals surface area (Å²) in [5.41, 5.74) is 5.60. The summed E-state index contributed by atoms with van der Waals surface area (Å²) in [6.07, 6.45) is 8.70. The van der Waals surface area contributed by atoms with Crippen molar-refractivity contribution in [2.75, 3.05) is 4.43 Å². The average molecular weight is 422 g/mol. The van der Waals surface area contributed by atoms with Crippen LogP contribution in [-0.2, 0) is 6.42 Å². The van der Waals surface area contributed by atoms with Gasteiger partial charge in [-0.3, -0.25) is 0 Å². The number of benzene rings is 1. The summed E-state index contributed by atoms with van der Waals surface area (Å²) in [5, 5.41) is 0. The lowest BCUT2D eigenvalue weighted by molar-refractivity contribution is 0.0151. The lowest BCUT2D eigenvalue weighted by atomic mass is 9.53. The SMILES string of the molecule is Cc1cccc2c1CC[C@@H]1[C@@H]2CC[C@]2(C)[C@@H]([C@H](C)CI)CC[C@@H]12. The fraction of sp³-hybridized carbons (Fsp3) is 0.727. The highest BCUT2D eigenvalue weighted by molar-refractivity contribution is 14.1. The van der Waals surface area contributed by atoms with Crippen LogP contribution in [0.25, 0.3) is 0 Å². The van der Waals surface area contributed by atoms with E-state index in [1.165, 1.54) is 48.5 Å². The van der Waals surface area contributed by atoms with Crippen LogP contribution in [0, 0.1) is 36.0 Å². The summed E-state index contributed by atoms with van der Waals surface area (Å²) in [6, 6.07) is 7.08. The van der Waals surface area contributed by atoms with E-state index in [1.807, 2.05) is 0 Å². The van der Waals surface area contributed by atoms with Crippen LogP contribution in [0.1, 0.15) is 68.6 Å². The molecule has 0 aromatic heterocycles. The molecule has 0 bridgehead atoms. The van der Waals surface area contributed by atoms with E-state index >= 15 is 0 Å². The Morgan fingerprint density at radius 1 is 1.22 bits per heavy atom. The highest BCUT2D eigenvalue weighted by Gasteiger charge is 2.55. The van der Waals surface area contributed by atoms with Crippen molar-refractivity contribution in [1.82, 2.24) is 0 Å². The van der Waals surface area contributed by atoms with Crippen molar-refractivity contribution >= 4 is 22.6 Å². The predicted molar refractivity (Wildman–Crippen MR) is 107 cm³/mol. The maximum Gasteiger partial charge on any atom is 0.00239 e. The van der Waals surface area contributed by atoms with Gasteiger partial charge in [-0.1, -0.05) is 54.6 Å². The third-order valence-electron chi connectivity index (χ3n) is 8.01. The summed E-state index contributed by atoms with van der Waals surface area (Å²) in [5.74, 6) is 4.70. The Bertz CT molecular complexity index is 592. The molecule has 2 saturated carbocycles. The Morgan fingerprint density at radius 3 is 2.83 bits per heavy atom. The molecule has 2 fully saturated rings. The van der Waals surface area contributed by atoms with Crippen molar-refractivity contribution in [2.24, 2.45) is 29.1 Å². The van der Waals surface area contributed by atoms with Gasteiger partial charge in [0.25, 0.3) is 0 Å². The molecule has 0 unspecified atom stereocenters. The zero-order valence-corrected chi connectivity index (χ0v) is 17.1. The van der Waals surface area contributed by atoms with Crippen LogP contribution in [-0.4, -0.2) is 4.43 Å². The second-order valence-corrected chi connectivity index (χ2v) is 9.80. The van der Waals surface area contributed by atoms with Gasteiger partial charge in [0, 0.05) is 4.43 Å². The predicted octanol–water partition coefficient (Wildman–Crippen LogP) is 6.54. The molecule has 3 aliphatic carbocycles. The number of hydrogen-bond donors (Lipinski definition) is 0. The van der Waals surface area contributed by atoms with Gasteiger partial charge in [-0.2, -0.15) is 0 Å². The Labute approximate surface area is 156 Å². The number of halogens is 1. The van der Waals surface area contributed by atoms with Gasteiger partial charge in [0.15, 0.2) is 0 Å². The first-order valence-corrected chi connectivity index (χ1v) is 11.2. The van der Waals surface area contributed by atoms with E-state index in [0.29, 0.717) is 5.41 Å². The largest absolute Gasteiger partial charge is 0.0861 e. The van der Waals surface area contributed by atoms with Crippen molar-refractivity contribution < 1.29 is 0 Å². The van der Waals surface area contributed by atoms with Crippen LogP contribution in [0.2, 0.25) is 0 Å². The molecule has 3 aliphatic rings. The van der Waals surface area contributed by atoms with E-state index in [4.69, 9.17) is 0 Å². The molecular formula is C22H31I. The fourth-order valence-electron chi connectivity index (χ4n) is 6.88.